The summed E-state index contributed by atoms with van der Waals surface area (Å²) in [6.07, 6.45) is 1.43. The summed E-state index contributed by atoms with van der Waals surface area (Å²) < 4.78 is 11.0. The zero-order valence-corrected chi connectivity index (χ0v) is 15.5. The predicted molar refractivity (Wildman–Crippen MR) is 101 cm³/mol. The molecule has 4 nitrogen and oxygen atoms in total. The van der Waals surface area contributed by atoms with Gasteiger partial charge < -0.3 is 9.47 Å². The average molecular weight is 341 g/mol. The summed E-state index contributed by atoms with van der Waals surface area (Å²) in [6.45, 7) is 8.81. The second-order valence-electron chi connectivity index (χ2n) is 5.88. The van der Waals surface area contributed by atoms with Crippen molar-refractivity contribution in [2.45, 2.75) is 47.1 Å². The lowest BCUT2D eigenvalue weighted by Crippen LogP contribution is -2.16. The van der Waals surface area contributed by atoms with E-state index in [9.17, 15) is 4.79 Å². The van der Waals surface area contributed by atoms with Crippen LogP contribution in [-0.2, 0) is 24.2 Å². The monoisotopic (exact) mass is 341 g/mol. The molecule has 134 valence electrons. The number of hydrogen-bond donors (Lipinski definition) is 1. The van der Waals surface area contributed by atoms with Crippen molar-refractivity contribution in [2.75, 3.05) is 11.9 Å². The quantitative estimate of drug-likeness (QED) is 0.746. The topological polar surface area (TPSA) is 47.6 Å². The van der Waals surface area contributed by atoms with Crippen LogP contribution in [0.5, 0.6) is 5.75 Å². The molecule has 0 fully saturated rings. The zero-order valence-electron chi connectivity index (χ0n) is 15.5. The molecule has 2 aromatic rings. The maximum Gasteiger partial charge on any atom is 0.411 e. The summed E-state index contributed by atoms with van der Waals surface area (Å²) in [5.74, 6) is 0.866. The first-order valence-corrected chi connectivity index (χ1v) is 8.85. The van der Waals surface area contributed by atoms with Crippen LogP contribution in [0.2, 0.25) is 0 Å². The number of anilines is 1. The van der Waals surface area contributed by atoms with Crippen molar-refractivity contribution in [3.05, 3.63) is 58.7 Å². The number of amides is 1. The van der Waals surface area contributed by atoms with Gasteiger partial charge in [-0.25, -0.2) is 4.79 Å². The van der Waals surface area contributed by atoms with Gasteiger partial charge in [0.05, 0.1) is 12.3 Å². The zero-order chi connectivity index (χ0) is 18.2. The Kier molecular flexibility index (Phi) is 6.87. The lowest BCUT2D eigenvalue weighted by atomic mass is 10.0. The molecule has 0 atom stereocenters. The molecule has 0 heterocycles. The maximum atomic E-state index is 11.8. The average Bonchev–Trinajstić information content (AvgIpc) is 2.61. The van der Waals surface area contributed by atoms with Crippen molar-refractivity contribution >= 4 is 11.8 Å². The van der Waals surface area contributed by atoms with Crippen molar-refractivity contribution < 1.29 is 14.3 Å². The third-order valence-electron chi connectivity index (χ3n) is 4.19. The van der Waals surface area contributed by atoms with Gasteiger partial charge in [-0.15, -0.1) is 0 Å². The van der Waals surface area contributed by atoms with Crippen molar-refractivity contribution in [1.29, 1.82) is 0 Å². The van der Waals surface area contributed by atoms with Gasteiger partial charge in [0.15, 0.2) is 0 Å². The number of aryl methyl sites for hydroxylation is 3. The van der Waals surface area contributed by atoms with Gasteiger partial charge in [0.1, 0.15) is 12.4 Å². The first kappa shape index (κ1) is 18.8. The van der Waals surface area contributed by atoms with E-state index in [-0.39, 0.29) is 0 Å². The molecule has 2 rings (SSSR count). The minimum atomic E-state index is -0.444. The molecular formula is C21H27NO3. The fourth-order valence-corrected chi connectivity index (χ4v) is 2.77. The Morgan fingerprint density at radius 3 is 2.52 bits per heavy atom. The minimum absolute atomic E-state index is 0.341. The molecule has 0 aliphatic carbocycles. The van der Waals surface area contributed by atoms with E-state index in [0.29, 0.717) is 13.2 Å². The van der Waals surface area contributed by atoms with Gasteiger partial charge in [0.2, 0.25) is 0 Å². The van der Waals surface area contributed by atoms with Crippen LogP contribution in [0.15, 0.2) is 36.4 Å². The van der Waals surface area contributed by atoms with E-state index in [2.05, 4.69) is 44.3 Å². The Hall–Kier alpha value is -2.49. The number of rotatable bonds is 7. The normalized spacial score (nSPS) is 10.4. The summed E-state index contributed by atoms with van der Waals surface area (Å²) in [5.41, 5.74) is 5.28. The molecule has 1 N–H and O–H groups in total. The number of carbonyl (C=O) groups is 1. The van der Waals surface area contributed by atoms with Gasteiger partial charge in [-0.2, -0.15) is 0 Å². The molecule has 0 unspecified atom stereocenters. The Bertz CT molecular complexity index is 725. The molecule has 0 bridgehead atoms. The summed E-state index contributed by atoms with van der Waals surface area (Å²) in [6, 6.07) is 12.1. The SMILES string of the molecule is CCOC(=O)Nc1cccc(CC)c1COc1ccc(CC)cc1C. The summed E-state index contributed by atoms with van der Waals surface area (Å²) in [5, 5.41) is 2.81. The molecule has 0 aliphatic rings. The van der Waals surface area contributed by atoms with Gasteiger partial charge in [0.25, 0.3) is 0 Å². The Labute approximate surface area is 150 Å². The maximum absolute atomic E-state index is 11.8. The number of hydrogen-bond acceptors (Lipinski definition) is 3. The highest BCUT2D eigenvalue weighted by atomic mass is 16.5. The second kappa shape index (κ2) is 9.11. The van der Waals surface area contributed by atoms with Gasteiger partial charge in [-0.1, -0.05) is 38.1 Å². The van der Waals surface area contributed by atoms with Gasteiger partial charge in [-0.3, -0.25) is 5.32 Å². The molecule has 25 heavy (non-hydrogen) atoms. The number of nitrogens with one attached hydrogen (secondary N) is 1. The van der Waals surface area contributed by atoms with Crippen molar-refractivity contribution in [1.82, 2.24) is 0 Å². The minimum Gasteiger partial charge on any atom is -0.489 e. The van der Waals surface area contributed by atoms with E-state index in [1.54, 1.807) is 6.92 Å². The number of ether oxygens (including phenoxy) is 2. The fraction of sp³-hybridized carbons (Fsp3) is 0.381. The van der Waals surface area contributed by atoms with Crippen LogP contribution < -0.4 is 10.1 Å². The third-order valence-corrected chi connectivity index (χ3v) is 4.19. The molecule has 2 aromatic carbocycles. The van der Waals surface area contributed by atoms with E-state index >= 15 is 0 Å². The standard InChI is InChI=1S/C21H27NO3/c1-5-16-11-12-20(15(4)13-16)25-14-18-17(6-2)9-8-10-19(18)22-21(23)24-7-3/h8-13H,5-7,14H2,1-4H3,(H,22,23). The highest BCUT2D eigenvalue weighted by Crippen LogP contribution is 2.25. The fourth-order valence-electron chi connectivity index (χ4n) is 2.77. The molecule has 0 aromatic heterocycles. The van der Waals surface area contributed by atoms with E-state index in [4.69, 9.17) is 9.47 Å². The number of carbonyl (C=O) groups excluding carboxylic acids is 1. The van der Waals surface area contributed by atoms with Crippen LogP contribution in [0.3, 0.4) is 0 Å². The van der Waals surface area contributed by atoms with Crippen LogP contribution in [0.1, 0.15) is 43.0 Å². The summed E-state index contributed by atoms with van der Waals surface area (Å²) in [4.78, 5) is 11.8. The van der Waals surface area contributed by atoms with Crippen LogP contribution in [0, 0.1) is 6.92 Å². The summed E-state index contributed by atoms with van der Waals surface area (Å²) >= 11 is 0. The Morgan fingerprint density at radius 1 is 1.08 bits per heavy atom. The molecule has 0 saturated heterocycles. The highest BCUT2D eigenvalue weighted by molar-refractivity contribution is 5.86. The van der Waals surface area contributed by atoms with Crippen LogP contribution in [0.25, 0.3) is 0 Å². The first-order valence-electron chi connectivity index (χ1n) is 8.85. The first-order chi connectivity index (χ1) is 12.1. The van der Waals surface area contributed by atoms with E-state index in [0.717, 1.165) is 41.0 Å². The van der Waals surface area contributed by atoms with Crippen molar-refractivity contribution in [3.63, 3.8) is 0 Å². The second-order valence-corrected chi connectivity index (χ2v) is 5.88. The summed E-state index contributed by atoms with van der Waals surface area (Å²) in [7, 11) is 0. The molecule has 0 radical (unpaired) electrons. The lowest BCUT2D eigenvalue weighted by Gasteiger charge is -2.17. The molecule has 0 saturated carbocycles. The van der Waals surface area contributed by atoms with Crippen molar-refractivity contribution in [3.8, 4) is 5.75 Å². The Balaban J connectivity index is 2.21. The van der Waals surface area contributed by atoms with Gasteiger partial charge in [0, 0.05) is 5.56 Å². The van der Waals surface area contributed by atoms with Crippen molar-refractivity contribution in [2.24, 2.45) is 0 Å². The molecule has 0 spiro atoms. The molecule has 4 heteroatoms. The van der Waals surface area contributed by atoms with Gasteiger partial charge >= 0.3 is 6.09 Å². The van der Waals surface area contributed by atoms with Gasteiger partial charge in [-0.05, 0) is 55.5 Å². The molecular weight excluding hydrogens is 314 g/mol. The number of benzene rings is 2. The molecule has 0 aliphatic heterocycles. The predicted octanol–water partition coefficient (Wildman–Crippen LogP) is 5.27. The third kappa shape index (κ3) is 4.99. The lowest BCUT2D eigenvalue weighted by molar-refractivity contribution is 0.168. The molecule has 1 amide bonds. The Morgan fingerprint density at radius 2 is 1.88 bits per heavy atom. The van der Waals surface area contributed by atoms with E-state index in [1.165, 1.54) is 5.56 Å². The van der Waals surface area contributed by atoms with Crippen LogP contribution in [-0.4, -0.2) is 12.7 Å². The van der Waals surface area contributed by atoms with Crippen LogP contribution >= 0.6 is 0 Å². The van der Waals surface area contributed by atoms with Crippen LogP contribution in [0.4, 0.5) is 10.5 Å². The smallest absolute Gasteiger partial charge is 0.411 e. The van der Waals surface area contributed by atoms with E-state index < -0.39 is 6.09 Å². The largest absolute Gasteiger partial charge is 0.489 e. The highest BCUT2D eigenvalue weighted by Gasteiger charge is 2.12. The van der Waals surface area contributed by atoms with E-state index in [1.807, 2.05) is 18.2 Å².